The van der Waals surface area contributed by atoms with Crippen LogP contribution in [0, 0.1) is 0 Å². The molecule has 1 aromatic carbocycles. The van der Waals surface area contributed by atoms with Gasteiger partial charge >= 0.3 is 0 Å². The molecule has 2 amide bonds. The van der Waals surface area contributed by atoms with Gasteiger partial charge in [-0.15, -0.1) is 4.40 Å². The molecule has 164 valence electrons. The Hall–Kier alpha value is -2.36. The van der Waals surface area contributed by atoms with E-state index < -0.39 is 22.0 Å². The lowest BCUT2D eigenvalue weighted by Crippen LogP contribution is -2.52. The van der Waals surface area contributed by atoms with Crippen molar-refractivity contribution in [3.63, 3.8) is 0 Å². The van der Waals surface area contributed by atoms with E-state index in [1.165, 1.54) is 4.90 Å². The van der Waals surface area contributed by atoms with E-state index in [2.05, 4.69) is 9.71 Å². The molecule has 0 saturated carbocycles. The lowest BCUT2D eigenvalue weighted by molar-refractivity contribution is -0.136. The van der Waals surface area contributed by atoms with Gasteiger partial charge in [-0.05, 0) is 49.6 Å². The molecule has 0 radical (unpaired) electrons. The number of amidine groups is 1. The van der Waals surface area contributed by atoms with Gasteiger partial charge in [0.1, 0.15) is 6.04 Å². The van der Waals surface area contributed by atoms with E-state index in [4.69, 9.17) is 23.2 Å². The predicted molar refractivity (Wildman–Crippen MR) is 120 cm³/mol. The van der Waals surface area contributed by atoms with Gasteiger partial charge in [-0.2, -0.15) is 0 Å². The second-order valence-electron chi connectivity index (χ2n) is 7.44. The molecule has 0 aromatic heterocycles. The fourth-order valence-corrected chi connectivity index (χ4v) is 5.07. The molecule has 1 saturated heterocycles. The van der Waals surface area contributed by atoms with Crippen LogP contribution in [-0.2, 0) is 19.6 Å². The summed E-state index contributed by atoms with van der Waals surface area (Å²) < 4.78 is 27.8. The average Bonchev–Trinajstić information content (AvgIpc) is 2.75. The van der Waals surface area contributed by atoms with Gasteiger partial charge in [0.25, 0.3) is 15.9 Å². The van der Waals surface area contributed by atoms with Crippen LogP contribution >= 0.6 is 23.2 Å². The maximum absolute atomic E-state index is 13.4. The van der Waals surface area contributed by atoms with Crippen molar-refractivity contribution in [2.75, 3.05) is 24.2 Å². The van der Waals surface area contributed by atoms with Crippen LogP contribution in [0.2, 0.25) is 10.0 Å². The van der Waals surface area contributed by atoms with Crippen LogP contribution in [0.3, 0.4) is 0 Å². The van der Waals surface area contributed by atoms with Crippen LogP contribution in [0.5, 0.6) is 0 Å². The summed E-state index contributed by atoms with van der Waals surface area (Å²) in [4.78, 5) is 29.5. The Kier molecular flexibility index (Phi) is 6.09. The third-order valence-corrected chi connectivity index (χ3v) is 7.23. The summed E-state index contributed by atoms with van der Waals surface area (Å²) in [6, 6.07) is 4.06. The zero-order chi connectivity index (χ0) is 22.2. The van der Waals surface area contributed by atoms with E-state index in [9.17, 15) is 18.0 Å². The van der Waals surface area contributed by atoms with Crippen LogP contribution < -0.4 is 5.32 Å². The zero-order valence-corrected chi connectivity index (χ0v) is 18.8. The first-order valence-corrected chi connectivity index (χ1v) is 12.2. The van der Waals surface area contributed by atoms with Crippen molar-refractivity contribution in [1.82, 2.24) is 9.80 Å². The molecular formula is C20H20Cl2N4O4S. The number of likely N-dealkylation sites (tertiary alicyclic amines) is 1. The van der Waals surface area contributed by atoms with Crippen LogP contribution in [-0.4, -0.2) is 60.8 Å². The number of fused-ring (bicyclic) bond motifs is 1. The Labute approximate surface area is 190 Å². The molecule has 0 aliphatic carbocycles. The third-order valence-electron chi connectivity index (χ3n) is 5.34. The standard InChI is InChI=1S/C20H20Cl2N4O4S/c21-15-7-6-13(12-16(15)22)23-19(27)17-5-1-2-9-26(17)20(28)14-4-3-8-25-10-11-31(29,30)24-18(14)25/h3-4,6-8,12,17H,1-2,5,9-11H2,(H,23,27). The molecule has 4 rings (SSSR count). The van der Waals surface area contributed by atoms with Crippen molar-refractivity contribution in [3.8, 4) is 0 Å². The molecule has 0 spiro atoms. The largest absolute Gasteiger partial charge is 0.331 e. The van der Waals surface area contributed by atoms with Gasteiger partial charge in [0, 0.05) is 25.0 Å². The number of hydrogen-bond donors (Lipinski definition) is 1. The topological polar surface area (TPSA) is 99.1 Å². The van der Waals surface area contributed by atoms with Crippen molar-refractivity contribution < 1.29 is 18.0 Å². The smallest absolute Gasteiger partial charge is 0.258 e. The minimum Gasteiger partial charge on any atom is -0.331 e. The number of carbonyl (C=O) groups is 2. The molecule has 1 aromatic rings. The van der Waals surface area contributed by atoms with E-state index in [1.807, 2.05) is 0 Å². The van der Waals surface area contributed by atoms with Crippen molar-refractivity contribution in [2.24, 2.45) is 4.40 Å². The molecule has 1 unspecified atom stereocenters. The molecule has 1 atom stereocenters. The number of nitrogens with one attached hydrogen (secondary N) is 1. The highest BCUT2D eigenvalue weighted by atomic mass is 35.5. The number of halogens is 2. The number of carbonyl (C=O) groups excluding carboxylic acids is 2. The fraction of sp³-hybridized carbons (Fsp3) is 0.350. The Morgan fingerprint density at radius 1 is 1.13 bits per heavy atom. The molecule has 3 aliphatic rings. The second kappa shape index (κ2) is 8.64. The molecule has 3 aliphatic heterocycles. The maximum atomic E-state index is 13.4. The number of nitrogens with zero attached hydrogens (tertiary/aromatic N) is 3. The van der Waals surface area contributed by atoms with Gasteiger partial charge in [0.05, 0.1) is 21.4 Å². The molecule has 0 bridgehead atoms. The number of benzene rings is 1. The highest BCUT2D eigenvalue weighted by Crippen LogP contribution is 2.27. The monoisotopic (exact) mass is 482 g/mol. The number of rotatable bonds is 3. The van der Waals surface area contributed by atoms with Crippen LogP contribution in [0.1, 0.15) is 19.3 Å². The van der Waals surface area contributed by atoms with E-state index in [-0.39, 0.29) is 29.6 Å². The van der Waals surface area contributed by atoms with Crippen molar-refractivity contribution in [1.29, 1.82) is 0 Å². The Bertz CT molecular complexity index is 1130. The molecule has 31 heavy (non-hydrogen) atoms. The Morgan fingerprint density at radius 2 is 1.94 bits per heavy atom. The molecule has 11 heteroatoms. The molecule has 1 fully saturated rings. The first-order chi connectivity index (χ1) is 14.7. The number of sulfonamides is 1. The zero-order valence-electron chi connectivity index (χ0n) is 16.4. The van der Waals surface area contributed by atoms with Gasteiger partial charge in [-0.3, -0.25) is 9.59 Å². The minimum absolute atomic E-state index is 0.105. The van der Waals surface area contributed by atoms with E-state index in [0.29, 0.717) is 28.7 Å². The van der Waals surface area contributed by atoms with Crippen molar-refractivity contribution in [3.05, 3.63) is 52.2 Å². The molecular weight excluding hydrogens is 463 g/mol. The minimum atomic E-state index is -3.63. The number of allylic oxidation sites excluding steroid dienone is 2. The summed E-state index contributed by atoms with van der Waals surface area (Å²) >= 11 is 11.9. The van der Waals surface area contributed by atoms with Crippen molar-refractivity contribution in [2.45, 2.75) is 25.3 Å². The number of amides is 2. The first kappa shape index (κ1) is 21.9. The Balaban J connectivity index is 1.58. The van der Waals surface area contributed by atoms with Crippen LogP contribution in [0.15, 0.2) is 46.5 Å². The molecule has 8 nitrogen and oxygen atoms in total. The summed E-state index contributed by atoms with van der Waals surface area (Å²) in [5.74, 6) is -0.763. The summed E-state index contributed by atoms with van der Waals surface area (Å²) in [5, 5.41) is 3.48. The third kappa shape index (κ3) is 4.63. The summed E-state index contributed by atoms with van der Waals surface area (Å²) in [7, 11) is -3.63. The number of hydrogen-bond acceptors (Lipinski definition) is 5. The number of piperidine rings is 1. The van der Waals surface area contributed by atoms with Crippen LogP contribution in [0.4, 0.5) is 5.69 Å². The normalized spacial score (nSPS) is 22.3. The SMILES string of the molecule is O=C(Nc1ccc(Cl)c(Cl)c1)C1CCCCN1C(=O)C1=CC=CN2CCS(=O)(=O)N=C12. The average molecular weight is 483 g/mol. The Morgan fingerprint density at radius 3 is 2.71 bits per heavy atom. The van der Waals surface area contributed by atoms with Crippen molar-refractivity contribution >= 4 is 56.6 Å². The number of anilines is 1. The quantitative estimate of drug-likeness (QED) is 0.713. The highest BCUT2D eigenvalue weighted by Gasteiger charge is 2.37. The van der Waals surface area contributed by atoms with E-state index in [1.54, 1.807) is 41.5 Å². The first-order valence-electron chi connectivity index (χ1n) is 9.80. The summed E-state index contributed by atoms with van der Waals surface area (Å²) in [6.45, 7) is 0.614. The van der Waals surface area contributed by atoms with Gasteiger partial charge < -0.3 is 15.1 Å². The summed E-state index contributed by atoms with van der Waals surface area (Å²) in [5.41, 5.74) is 0.645. The van der Waals surface area contributed by atoms with Gasteiger partial charge in [-0.1, -0.05) is 23.2 Å². The second-order valence-corrected chi connectivity index (χ2v) is 10.0. The molecule has 3 heterocycles. The summed E-state index contributed by atoms with van der Waals surface area (Å²) in [6.07, 6.45) is 6.95. The lowest BCUT2D eigenvalue weighted by Gasteiger charge is -2.37. The van der Waals surface area contributed by atoms with Gasteiger partial charge in [0.2, 0.25) is 5.91 Å². The lowest BCUT2D eigenvalue weighted by atomic mass is 9.99. The van der Waals surface area contributed by atoms with Gasteiger partial charge in [-0.25, -0.2) is 8.42 Å². The van der Waals surface area contributed by atoms with Gasteiger partial charge in [0.15, 0.2) is 5.84 Å². The van der Waals surface area contributed by atoms with E-state index in [0.717, 1.165) is 12.8 Å². The van der Waals surface area contributed by atoms with E-state index >= 15 is 0 Å². The van der Waals surface area contributed by atoms with Crippen LogP contribution in [0.25, 0.3) is 0 Å². The maximum Gasteiger partial charge on any atom is 0.258 e. The fourth-order valence-electron chi connectivity index (χ4n) is 3.78. The molecule has 1 N–H and O–H groups in total. The predicted octanol–water partition coefficient (Wildman–Crippen LogP) is 2.81. The highest BCUT2D eigenvalue weighted by molar-refractivity contribution is 7.90.